The molecule has 1 rings (SSSR count). The minimum atomic E-state index is -0.0987. The molecule has 0 unspecified atom stereocenters. The SMILES string of the molecule is CCCNC(=O)CNCc1ccc(C(=O)NC)cc1. The van der Waals surface area contributed by atoms with Crippen molar-refractivity contribution in [2.75, 3.05) is 20.1 Å². The maximum absolute atomic E-state index is 11.3. The minimum absolute atomic E-state index is 0.00355. The van der Waals surface area contributed by atoms with Crippen molar-refractivity contribution in [3.8, 4) is 0 Å². The summed E-state index contributed by atoms with van der Waals surface area (Å²) >= 11 is 0. The van der Waals surface area contributed by atoms with Gasteiger partial charge in [0.05, 0.1) is 6.54 Å². The van der Waals surface area contributed by atoms with Gasteiger partial charge in [0, 0.05) is 25.7 Å². The molecule has 0 aromatic heterocycles. The monoisotopic (exact) mass is 263 g/mol. The van der Waals surface area contributed by atoms with Gasteiger partial charge in [0.1, 0.15) is 0 Å². The third-order valence-electron chi connectivity index (χ3n) is 2.63. The lowest BCUT2D eigenvalue weighted by atomic mass is 10.1. The Balaban J connectivity index is 2.34. The maximum atomic E-state index is 11.3. The van der Waals surface area contributed by atoms with Crippen LogP contribution in [0, 0.1) is 0 Å². The molecule has 0 aliphatic heterocycles. The average Bonchev–Trinajstić information content (AvgIpc) is 2.45. The summed E-state index contributed by atoms with van der Waals surface area (Å²) in [6, 6.07) is 7.29. The van der Waals surface area contributed by atoms with Crippen LogP contribution in [0.2, 0.25) is 0 Å². The zero-order chi connectivity index (χ0) is 14.1. The van der Waals surface area contributed by atoms with Crippen molar-refractivity contribution in [3.63, 3.8) is 0 Å². The van der Waals surface area contributed by atoms with E-state index in [-0.39, 0.29) is 11.8 Å². The molecule has 0 fully saturated rings. The maximum Gasteiger partial charge on any atom is 0.251 e. The van der Waals surface area contributed by atoms with E-state index in [1.165, 1.54) is 0 Å². The van der Waals surface area contributed by atoms with Gasteiger partial charge in [-0.05, 0) is 24.1 Å². The Labute approximate surface area is 113 Å². The van der Waals surface area contributed by atoms with Crippen molar-refractivity contribution in [1.82, 2.24) is 16.0 Å². The van der Waals surface area contributed by atoms with Gasteiger partial charge < -0.3 is 16.0 Å². The second-order valence-corrected chi connectivity index (χ2v) is 4.23. The number of nitrogens with one attached hydrogen (secondary N) is 3. The Morgan fingerprint density at radius 2 is 1.84 bits per heavy atom. The molecule has 3 N–H and O–H groups in total. The lowest BCUT2D eigenvalue weighted by Gasteiger charge is -2.06. The predicted octanol–water partition coefficient (Wildman–Crippen LogP) is 0.662. The molecule has 2 amide bonds. The first kappa shape index (κ1) is 15.2. The second kappa shape index (κ2) is 8.26. The third-order valence-corrected chi connectivity index (χ3v) is 2.63. The minimum Gasteiger partial charge on any atom is -0.355 e. The highest BCUT2D eigenvalue weighted by Gasteiger charge is 2.03. The van der Waals surface area contributed by atoms with Crippen molar-refractivity contribution in [2.24, 2.45) is 0 Å². The van der Waals surface area contributed by atoms with Crippen molar-refractivity contribution in [2.45, 2.75) is 19.9 Å². The van der Waals surface area contributed by atoms with Gasteiger partial charge in [-0.2, -0.15) is 0 Å². The Morgan fingerprint density at radius 3 is 2.42 bits per heavy atom. The van der Waals surface area contributed by atoms with Crippen LogP contribution >= 0.6 is 0 Å². The summed E-state index contributed by atoms with van der Waals surface area (Å²) in [5.41, 5.74) is 1.67. The molecule has 1 aromatic rings. The quantitative estimate of drug-likeness (QED) is 0.677. The molecule has 5 heteroatoms. The lowest BCUT2D eigenvalue weighted by Crippen LogP contribution is -2.33. The first-order valence-corrected chi connectivity index (χ1v) is 6.45. The summed E-state index contributed by atoms with van der Waals surface area (Å²) in [6.07, 6.45) is 0.937. The van der Waals surface area contributed by atoms with Gasteiger partial charge in [-0.1, -0.05) is 19.1 Å². The largest absolute Gasteiger partial charge is 0.355 e. The van der Waals surface area contributed by atoms with Gasteiger partial charge in [0.15, 0.2) is 0 Å². The molecule has 1 aromatic carbocycles. The summed E-state index contributed by atoms with van der Waals surface area (Å²) in [7, 11) is 1.60. The summed E-state index contributed by atoms with van der Waals surface area (Å²) in [4.78, 5) is 22.7. The zero-order valence-electron chi connectivity index (χ0n) is 11.5. The summed E-state index contributed by atoms with van der Waals surface area (Å²) in [5.74, 6) is -0.0951. The number of carbonyl (C=O) groups excluding carboxylic acids is 2. The van der Waals surface area contributed by atoms with Crippen LogP contribution in [-0.2, 0) is 11.3 Å². The number of carbonyl (C=O) groups is 2. The molecule has 0 spiro atoms. The fraction of sp³-hybridized carbons (Fsp3) is 0.429. The first-order chi connectivity index (χ1) is 9.17. The van der Waals surface area contributed by atoms with Crippen LogP contribution < -0.4 is 16.0 Å². The molecule has 0 aliphatic rings. The molecule has 19 heavy (non-hydrogen) atoms. The van der Waals surface area contributed by atoms with Crippen LogP contribution in [0.3, 0.4) is 0 Å². The lowest BCUT2D eigenvalue weighted by molar-refractivity contribution is -0.120. The van der Waals surface area contributed by atoms with E-state index in [1.807, 2.05) is 19.1 Å². The molecule has 0 saturated carbocycles. The highest BCUT2D eigenvalue weighted by Crippen LogP contribution is 2.03. The van der Waals surface area contributed by atoms with Crippen molar-refractivity contribution < 1.29 is 9.59 Å². The normalized spacial score (nSPS) is 10.0. The van der Waals surface area contributed by atoms with E-state index in [0.29, 0.717) is 25.2 Å². The summed E-state index contributed by atoms with van der Waals surface area (Å²) < 4.78 is 0. The van der Waals surface area contributed by atoms with E-state index in [2.05, 4.69) is 16.0 Å². The van der Waals surface area contributed by atoms with Crippen LogP contribution in [0.1, 0.15) is 29.3 Å². The number of benzene rings is 1. The molecular formula is C14H21N3O2. The Hall–Kier alpha value is -1.88. The van der Waals surface area contributed by atoms with Gasteiger partial charge in [-0.25, -0.2) is 0 Å². The fourth-order valence-electron chi connectivity index (χ4n) is 1.57. The Morgan fingerprint density at radius 1 is 1.16 bits per heavy atom. The van der Waals surface area contributed by atoms with Crippen LogP contribution in [0.5, 0.6) is 0 Å². The molecule has 0 aliphatic carbocycles. The summed E-state index contributed by atoms with van der Waals surface area (Å²) in [5, 5.41) is 8.43. The Kier molecular flexibility index (Phi) is 6.60. The summed E-state index contributed by atoms with van der Waals surface area (Å²) in [6.45, 7) is 3.63. The average molecular weight is 263 g/mol. The van der Waals surface area contributed by atoms with E-state index < -0.39 is 0 Å². The van der Waals surface area contributed by atoms with Crippen LogP contribution in [0.25, 0.3) is 0 Å². The molecular weight excluding hydrogens is 242 g/mol. The number of amides is 2. The highest BCUT2D eigenvalue weighted by molar-refractivity contribution is 5.93. The topological polar surface area (TPSA) is 70.2 Å². The number of hydrogen-bond donors (Lipinski definition) is 3. The number of hydrogen-bond acceptors (Lipinski definition) is 3. The van der Waals surface area contributed by atoms with Crippen molar-refractivity contribution in [1.29, 1.82) is 0 Å². The number of rotatable bonds is 7. The molecule has 0 saturated heterocycles. The van der Waals surface area contributed by atoms with Crippen LogP contribution in [-0.4, -0.2) is 32.0 Å². The van der Waals surface area contributed by atoms with E-state index >= 15 is 0 Å². The molecule has 0 bridgehead atoms. The van der Waals surface area contributed by atoms with E-state index in [1.54, 1.807) is 19.2 Å². The first-order valence-electron chi connectivity index (χ1n) is 6.45. The van der Waals surface area contributed by atoms with Gasteiger partial charge in [0.25, 0.3) is 5.91 Å². The molecule has 0 radical (unpaired) electrons. The molecule has 5 nitrogen and oxygen atoms in total. The third kappa shape index (κ3) is 5.52. The van der Waals surface area contributed by atoms with Crippen molar-refractivity contribution >= 4 is 11.8 Å². The van der Waals surface area contributed by atoms with E-state index in [4.69, 9.17) is 0 Å². The fourth-order valence-corrected chi connectivity index (χ4v) is 1.57. The molecule has 104 valence electrons. The van der Waals surface area contributed by atoms with Gasteiger partial charge in [-0.15, -0.1) is 0 Å². The van der Waals surface area contributed by atoms with Crippen molar-refractivity contribution in [3.05, 3.63) is 35.4 Å². The predicted molar refractivity (Wildman–Crippen MR) is 74.8 cm³/mol. The van der Waals surface area contributed by atoms with E-state index in [9.17, 15) is 9.59 Å². The van der Waals surface area contributed by atoms with Crippen LogP contribution in [0.4, 0.5) is 0 Å². The second-order valence-electron chi connectivity index (χ2n) is 4.23. The molecule has 0 atom stereocenters. The standard InChI is InChI=1S/C14H21N3O2/c1-3-8-17-13(18)10-16-9-11-4-6-12(7-5-11)14(19)15-2/h4-7,16H,3,8-10H2,1-2H3,(H,15,19)(H,17,18). The Bertz CT molecular complexity index is 415. The molecule has 0 heterocycles. The van der Waals surface area contributed by atoms with Gasteiger partial charge in [0.2, 0.25) is 5.91 Å². The highest BCUT2D eigenvalue weighted by atomic mass is 16.2. The van der Waals surface area contributed by atoms with E-state index in [0.717, 1.165) is 12.0 Å². The van der Waals surface area contributed by atoms with Gasteiger partial charge in [-0.3, -0.25) is 9.59 Å². The van der Waals surface area contributed by atoms with Gasteiger partial charge >= 0.3 is 0 Å². The smallest absolute Gasteiger partial charge is 0.251 e. The zero-order valence-corrected chi connectivity index (χ0v) is 11.5. The van der Waals surface area contributed by atoms with Crippen LogP contribution in [0.15, 0.2) is 24.3 Å².